The first-order valence-corrected chi connectivity index (χ1v) is 14.4. The van der Waals surface area contributed by atoms with Crippen molar-refractivity contribution in [3.63, 3.8) is 0 Å². The molecule has 1 aliphatic heterocycles. The van der Waals surface area contributed by atoms with Gasteiger partial charge < -0.3 is 23.9 Å². The summed E-state index contributed by atoms with van der Waals surface area (Å²) in [5.74, 6) is -2.38. The molecule has 0 fully saturated rings. The molecule has 1 aliphatic rings. The van der Waals surface area contributed by atoms with E-state index in [2.05, 4.69) is 15.8 Å². The van der Waals surface area contributed by atoms with Gasteiger partial charge in [-0.2, -0.15) is 0 Å². The van der Waals surface area contributed by atoms with E-state index in [9.17, 15) is 51.0 Å². The van der Waals surface area contributed by atoms with Crippen LogP contribution >= 0.6 is 0 Å². The summed E-state index contributed by atoms with van der Waals surface area (Å²) >= 11 is 0. The van der Waals surface area contributed by atoms with Crippen molar-refractivity contribution in [1.82, 2.24) is 5.43 Å². The maximum absolute atomic E-state index is 13.1. The molecule has 0 radical (unpaired) electrons. The summed E-state index contributed by atoms with van der Waals surface area (Å²) in [5.41, 5.74) is -0.471. The molecule has 0 spiro atoms. The van der Waals surface area contributed by atoms with Crippen molar-refractivity contribution in [2.45, 2.75) is 9.79 Å². The first-order valence-electron chi connectivity index (χ1n) is 11.6. The number of carbonyl (C=O) groups excluding carboxylic acids is 1. The number of methoxy groups -OCH3 is 2. The van der Waals surface area contributed by atoms with Gasteiger partial charge in [0, 0.05) is 11.8 Å². The molecule has 3 N–H and O–H groups in total. The molecule has 4 rings (SSSR count). The third kappa shape index (κ3) is 7.29. The van der Waals surface area contributed by atoms with Crippen molar-refractivity contribution in [3.8, 4) is 11.5 Å². The number of carbonyl (C=O) groups is 1. The van der Waals surface area contributed by atoms with Gasteiger partial charge in [0.2, 0.25) is 5.69 Å². The van der Waals surface area contributed by atoms with E-state index in [1.54, 1.807) is 18.2 Å². The minimum absolute atomic E-state index is 0. The number of anilines is 2. The quantitative estimate of drug-likeness (QED) is 0.0823. The number of rotatable bonds is 10. The summed E-state index contributed by atoms with van der Waals surface area (Å²) < 4.78 is 82.2. The molecule has 0 aromatic heterocycles. The number of ether oxygens (including phenoxy) is 2. The van der Waals surface area contributed by atoms with Gasteiger partial charge in [0.05, 0.1) is 36.2 Å². The largest absolute Gasteiger partial charge is 1.00 e. The first-order chi connectivity index (χ1) is 20.6. The van der Waals surface area contributed by atoms with Crippen molar-refractivity contribution in [2.75, 3.05) is 24.7 Å². The van der Waals surface area contributed by atoms with E-state index in [1.807, 2.05) is 0 Å². The van der Waals surface area contributed by atoms with Gasteiger partial charge in [0.1, 0.15) is 30.0 Å². The maximum Gasteiger partial charge on any atom is 1.00 e. The van der Waals surface area contributed by atoms with E-state index >= 15 is 0 Å². The topological polar surface area (TPSA) is 280 Å². The number of amides is 1. The SMILES string of the molecule is COc1cc([N+](=O)[O-])c(S(=O)(=O)[O-])cc1N1NC(C(=O)Nc2ccccc2)=N[NH+]1c1cc(S(=O)(=O)[O-])c([N+](=O)[O-])cc1OC.[Na+]. The fraction of sp³-hybridized carbons (Fsp3) is 0.0909. The predicted octanol–water partition coefficient (Wildman–Crippen LogP) is -3.26. The Hall–Kier alpha value is -4.42. The molecule has 23 heteroatoms. The minimum atomic E-state index is -5.51. The fourth-order valence-corrected chi connectivity index (χ4v) is 5.26. The maximum atomic E-state index is 13.1. The molecule has 0 saturated carbocycles. The molecular weight excluding hydrogens is 657 g/mol. The summed E-state index contributed by atoms with van der Waals surface area (Å²) in [5, 5.41) is 29.9. The standard InChI is InChI=1S/C22H19N7O13S2.Na/c1-41-17-8-15(28(31)32)19(43(35,36)37)10-13(17)26-24-21(22(30)23-12-6-4-3-5-7-12)25-27(26)14-11-20(44(38,39)40)16(29(33)34)9-18(14)42-2;/h3-11H,1-2H3,(H,23,30)(H,24,25)(H,35,36,37)(H,38,39,40);/q;+1/p-1. The molecule has 1 heterocycles. The van der Waals surface area contributed by atoms with Crippen LogP contribution in [0.1, 0.15) is 0 Å². The monoisotopic (exact) mass is 675 g/mol. The fourth-order valence-electron chi connectivity index (χ4n) is 3.96. The molecule has 45 heavy (non-hydrogen) atoms. The van der Waals surface area contributed by atoms with Crippen molar-refractivity contribution in [1.29, 1.82) is 0 Å². The zero-order valence-electron chi connectivity index (χ0n) is 23.1. The van der Waals surface area contributed by atoms with Crippen LogP contribution in [0.4, 0.5) is 28.4 Å². The van der Waals surface area contributed by atoms with Gasteiger partial charge in [0.25, 0.3) is 23.1 Å². The summed E-state index contributed by atoms with van der Waals surface area (Å²) in [6.07, 6.45) is 0. The molecule has 0 aliphatic carbocycles. The number of hydrazine groups is 1. The molecular formula is C22H18N7NaO13S2. The van der Waals surface area contributed by atoms with Crippen molar-refractivity contribution in [2.24, 2.45) is 5.10 Å². The van der Waals surface area contributed by atoms with Crippen molar-refractivity contribution < 1.29 is 84.7 Å². The molecule has 1 amide bonds. The van der Waals surface area contributed by atoms with Crippen molar-refractivity contribution in [3.05, 3.63) is 74.8 Å². The zero-order valence-corrected chi connectivity index (χ0v) is 26.7. The molecule has 3 aromatic carbocycles. The molecule has 3 aromatic rings. The van der Waals surface area contributed by atoms with Gasteiger partial charge in [-0.05, 0) is 23.3 Å². The summed E-state index contributed by atoms with van der Waals surface area (Å²) in [6, 6.07) is 10.2. The van der Waals surface area contributed by atoms with E-state index in [0.29, 0.717) is 30.0 Å². The average Bonchev–Trinajstić information content (AvgIpc) is 3.40. The van der Waals surface area contributed by atoms with Crippen LogP contribution in [0.3, 0.4) is 0 Å². The van der Waals surface area contributed by atoms with Gasteiger partial charge in [-0.3, -0.25) is 25.0 Å². The minimum Gasteiger partial charge on any atom is -0.744 e. The Morgan fingerprint density at radius 2 is 1.40 bits per heavy atom. The first kappa shape index (κ1) is 35.1. The van der Waals surface area contributed by atoms with Crippen LogP contribution in [0.15, 0.2) is 69.5 Å². The smallest absolute Gasteiger partial charge is 0.744 e. The van der Waals surface area contributed by atoms with Crippen molar-refractivity contribution >= 4 is 60.4 Å². The Morgan fingerprint density at radius 1 is 0.889 bits per heavy atom. The number of hydrogen-bond donors (Lipinski definition) is 3. The summed E-state index contributed by atoms with van der Waals surface area (Å²) in [4.78, 5) is 31.3. The van der Waals surface area contributed by atoms with E-state index in [4.69, 9.17) is 9.47 Å². The second-order valence-corrected chi connectivity index (χ2v) is 11.2. The van der Waals surface area contributed by atoms with E-state index in [-0.39, 0.29) is 29.6 Å². The average molecular weight is 676 g/mol. The Kier molecular flexibility index (Phi) is 10.4. The number of nitrogens with zero attached hydrogens (tertiary/aromatic N) is 4. The van der Waals surface area contributed by atoms with Crippen LogP contribution in [-0.2, 0) is 25.0 Å². The van der Waals surface area contributed by atoms with Gasteiger partial charge in [0.15, 0.2) is 17.2 Å². The molecule has 0 saturated heterocycles. The molecule has 20 nitrogen and oxygen atoms in total. The van der Waals surface area contributed by atoms with Crippen LogP contribution in [0, 0.1) is 20.2 Å². The third-order valence-electron chi connectivity index (χ3n) is 5.85. The van der Waals surface area contributed by atoms with Crippen LogP contribution in [-0.4, -0.2) is 61.8 Å². The van der Waals surface area contributed by atoms with Crippen LogP contribution in [0.2, 0.25) is 0 Å². The Bertz CT molecular complexity index is 1940. The number of benzene rings is 3. The Labute approximate surface area is 275 Å². The number of nitrogens with one attached hydrogen (secondary N) is 3. The third-order valence-corrected chi connectivity index (χ3v) is 7.58. The van der Waals surface area contributed by atoms with Gasteiger partial charge >= 0.3 is 29.6 Å². The number of hydrogen-bond acceptors (Lipinski definition) is 16. The van der Waals surface area contributed by atoms with Crippen LogP contribution in [0.5, 0.6) is 11.5 Å². The molecule has 0 bridgehead atoms. The van der Waals surface area contributed by atoms with Crippen LogP contribution < -0.4 is 60.0 Å². The number of nitro benzene ring substituents is 2. The second kappa shape index (κ2) is 13.3. The van der Waals surface area contributed by atoms with Gasteiger partial charge in [-0.15, -0.1) is 0 Å². The molecule has 232 valence electrons. The summed E-state index contributed by atoms with van der Waals surface area (Å²) in [6.45, 7) is 0. The zero-order chi connectivity index (χ0) is 32.6. The normalized spacial score (nSPS) is 14.4. The Balaban J connectivity index is 0.00000552. The Morgan fingerprint density at radius 3 is 1.89 bits per heavy atom. The number of amidine groups is 1. The van der Waals surface area contributed by atoms with Gasteiger partial charge in [-0.1, -0.05) is 28.4 Å². The second-order valence-electron chi connectivity index (χ2n) is 8.49. The number of nitro groups is 2. The van der Waals surface area contributed by atoms with E-state index in [0.717, 1.165) is 19.3 Å². The molecule has 1 atom stereocenters. The van der Waals surface area contributed by atoms with Crippen LogP contribution in [0.25, 0.3) is 0 Å². The number of para-hydroxylation sites is 1. The summed E-state index contributed by atoms with van der Waals surface area (Å²) in [7, 11) is -8.96. The molecule has 1 unspecified atom stereocenters. The van der Waals surface area contributed by atoms with E-state index in [1.165, 1.54) is 12.1 Å². The predicted molar refractivity (Wildman–Crippen MR) is 144 cm³/mol. The van der Waals surface area contributed by atoms with E-state index < -0.39 is 91.0 Å². The number of quaternary nitrogens is 1. The van der Waals surface area contributed by atoms with Gasteiger partial charge in [-0.25, -0.2) is 22.3 Å².